The monoisotopic (exact) mass is 428 g/mol. The fourth-order valence-corrected chi connectivity index (χ4v) is 2.88. The van der Waals surface area contributed by atoms with Gasteiger partial charge in [-0.25, -0.2) is 0 Å². The van der Waals surface area contributed by atoms with E-state index in [0.717, 1.165) is 4.47 Å². The topological polar surface area (TPSA) is 91.6 Å². The number of amides is 2. The highest BCUT2D eigenvalue weighted by atomic mass is 79.9. The number of anilines is 1. The lowest BCUT2D eigenvalue weighted by molar-refractivity contribution is 0.0902. The summed E-state index contributed by atoms with van der Waals surface area (Å²) < 4.78 is 5.89. The minimum absolute atomic E-state index is 0.0136. The second-order valence-electron chi connectivity index (χ2n) is 5.75. The van der Waals surface area contributed by atoms with E-state index in [1.807, 2.05) is 6.07 Å². The number of carbonyl (C=O) groups excluding carboxylic acids is 2. The highest BCUT2D eigenvalue weighted by molar-refractivity contribution is 9.10. The molecule has 0 bridgehead atoms. The first-order chi connectivity index (χ1) is 13.0. The van der Waals surface area contributed by atoms with Gasteiger partial charge in [0.2, 0.25) is 0 Å². The van der Waals surface area contributed by atoms with E-state index >= 15 is 0 Å². The van der Waals surface area contributed by atoms with Crippen molar-refractivity contribution in [2.45, 2.75) is 6.10 Å². The summed E-state index contributed by atoms with van der Waals surface area (Å²) in [6, 6.07) is 16.9. The molecule has 0 aliphatic carbocycles. The van der Waals surface area contributed by atoms with Crippen LogP contribution in [0, 0.1) is 0 Å². The summed E-state index contributed by atoms with van der Waals surface area (Å²) in [4.78, 5) is 24.9. The van der Waals surface area contributed by atoms with Gasteiger partial charge in [0.15, 0.2) is 0 Å². The summed E-state index contributed by atoms with van der Waals surface area (Å²) in [5.74, 6) is -0.371. The number of aliphatic hydroxyl groups is 1. The Morgan fingerprint density at radius 1 is 1.04 bits per heavy atom. The van der Waals surface area contributed by atoms with E-state index < -0.39 is 12.0 Å². The zero-order valence-corrected chi connectivity index (χ0v) is 15.8. The van der Waals surface area contributed by atoms with Gasteiger partial charge < -0.3 is 20.2 Å². The molecule has 0 aliphatic heterocycles. The molecule has 6 nitrogen and oxygen atoms in total. The Morgan fingerprint density at radius 2 is 1.85 bits per heavy atom. The van der Waals surface area contributed by atoms with Crippen LogP contribution in [-0.2, 0) is 0 Å². The van der Waals surface area contributed by atoms with Gasteiger partial charge in [-0.15, -0.1) is 0 Å². The lowest BCUT2D eigenvalue weighted by Gasteiger charge is -2.13. The van der Waals surface area contributed by atoms with Gasteiger partial charge in [0.1, 0.15) is 11.9 Å². The molecular formula is C20H17BrN2O4. The Labute approximate surface area is 164 Å². The largest absolute Gasteiger partial charge is 0.467 e. The smallest absolute Gasteiger partial charge is 0.255 e. The van der Waals surface area contributed by atoms with Gasteiger partial charge in [-0.1, -0.05) is 34.1 Å². The van der Waals surface area contributed by atoms with Crippen molar-refractivity contribution in [2.24, 2.45) is 0 Å². The van der Waals surface area contributed by atoms with E-state index in [2.05, 4.69) is 26.6 Å². The van der Waals surface area contributed by atoms with Crippen molar-refractivity contribution in [1.82, 2.24) is 5.32 Å². The Kier molecular flexibility index (Phi) is 6.05. The van der Waals surface area contributed by atoms with Crippen molar-refractivity contribution in [3.05, 3.63) is 88.3 Å². The molecular weight excluding hydrogens is 412 g/mol. The maximum Gasteiger partial charge on any atom is 0.255 e. The van der Waals surface area contributed by atoms with Crippen LogP contribution in [0.25, 0.3) is 0 Å². The molecule has 3 rings (SSSR count). The normalized spacial score (nSPS) is 11.6. The van der Waals surface area contributed by atoms with Gasteiger partial charge in [0, 0.05) is 10.0 Å². The average molecular weight is 429 g/mol. The Morgan fingerprint density at radius 3 is 2.59 bits per heavy atom. The third kappa shape index (κ3) is 4.84. The minimum Gasteiger partial charge on any atom is -0.467 e. The van der Waals surface area contributed by atoms with Gasteiger partial charge in [-0.2, -0.15) is 0 Å². The number of nitrogens with one attached hydrogen (secondary N) is 2. The summed E-state index contributed by atoms with van der Waals surface area (Å²) in [6.45, 7) is -0.0136. The van der Waals surface area contributed by atoms with Crippen LogP contribution in [-0.4, -0.2) is 23.5 Å². The lowest BCUT2D eigenvalue weighted by Crippen LogP contribution is -2.29. The molecule has 0 fully saturated rings. The zero-order valence-electron chi connectivity index (χ0n) is 14.2. The number of halogens is 1. The van der Waals surface area contributed by atoms with Crippen LogP contribution in [0.4, 0.5) is 5.69 Å². The van der Waals surface area contributed by atoms with Crippen LogP contribution in [0.3, 0.4) is 0 Å². The maximum absolute atomic E-state index is 12.5. The molecule has 1 atom stereocenters. The summed E-state index contributed by atoms with van der Waals surface area (Å²) in [5, 5.41) is 15.4. The predicted octanol–water partition coefficient (Wildman–Crippen LogP) is 3.76. The number of para-hydroxylation sites is 1. The molecule has 2 amide bonds. The summed E-state index contributed by atoms with van der Waals surface area (Å²) in [5.41, 5.74) is 1.15. The molecule has 0 saturated heterocycles. The number of furan rings is 1. The zero-order chi connectivity index (χ0) is 19.2. The van der Waals surface area contributed by atoms with E-state index in [1.54, 1.807) is 54.6 Å². The van der Waals surface area contributed by atoms with E-state index in [0.29, 0.717) is 22.6 Å². The third-order valence-corrected chi connectivity index (χ3v) is 4.33. The Bertz CT molecular complexity index is 941. The second-order valence-corrected chi connectivity index (χ2v) is 6.67. The van der Waals surface area contributed by atoms with Gasteiger partial charge in [0.05, 0.1) is 24.1 Å². The number of carbonyl (C=O) groups is 2. The van der Waals surface area contributed by atoms with Crippen LogP contribution in [0.15, 0.2) is 75.8 Å². The molecule has 0 saturated carbocycles. The third-order valence-electron chi connectivity index (χ3n) is 3.83. The van der Waals surface area contributed by atoms with Crippen LogP contribution < -0.4 is 10.6 Å². The summed E-state index contributed by atoms with van der Waals surface area (Å²) in [6.07, 6.45) is 0.500. The van der Waals surface area contributed by atoms with Crippen molar-refractivity contribution in [2.75, 3.05) is 11.9 Å². The lowest BCUT2D eigenvalue weighted by atomic mass is 10.1. The average Bonchev–Trinajstić information content (AvgIpc) is 3.21. The molecule has 1 aromatic heterocycles. The van der Waals surface area contributed by atoms with Crippen molar-refractivity contribution < 1.29 is 19.1 Å². The molecule has 3 N–H and O–H groups in total. The van der Waals surface area contributed by atoms with Crippen molar-refractivity contribution in [1.29, 1.82) is 0 Å². The van der Waals surface area contributed by atoms with Crippen molar-refractivity contribution in [3.8, 4) is 0 Å². The highest BCUT2D eigenvalue weighted by Gasteiger charge is 2.16. The van der Waals surface area contributed by atoms with Crippen LogP contribution in [0.2, 0.25) is 0 Å². The molecule has 0 spiro atoms. The SMILES string of the molecule is O=C(Nc1ccccc1C(=O)NCC(O)c1ccco1)c1cccc(Br)c1. The number of hydrogen-bond donors (Lipinski definition) is 3. The number of rotatable bonds is 6. The minimum atomic E-state index is -0.952. The Balaban J connectivity index is 1.69. The molecule has 3 aromatic rings. The van der Waals surface area contributed by atoms with E-state index in [4.69, 9.17) is 4.42 Å². The molecule has 0 aliphatic rings. The molecule has 1 heterocycles. The quantitative estimate of drug-likeness (QED) is 0.557. The molecule has 7 heteroatoms. The van der Waals surface area contributed by atoms with Crippen LogP contribution >= 0.6 is 15.9 Å². The van der Waals surface area contributed by atoms with Gasteiger partial charge >= 0.3 is 0 Å². The number of benzene rings is 2. The molecule has 1 unspecified atom stereocenters. The summed E-state index contributed by atoms with van der Waals surface area (Å²) in [7, 11) is 0. The van der Waals surface area contributed by atoms with Crippen molar-refractivity contribution >= 4 is 33.4 Å². The first-order valence-electron chi connectivity index (χ1n) is 8.20. The van der Waals surface area contributed by atoms with Crippen LogP contribution in [0.5, 0.6) is 0 Å². The van der Waals surface area contributed by atoms with E-state index in [-0.39, 0.29) is 12.5 Å². The maximum atomic E-state index is 12.5. The van der Waals surface area contributed by atoms with Gasteiger partial charge in [-0.3, -0.25) is 9.59 Å². The Hall–Kier alpha value is -2.90. The summed E-state index contributed by atoms with van der Waals surface area (Å²) >= 11 is 3.33. The van der Waals surface area contributed by atoms with Gasteiger partial charge in [-0.05, 0) is 42.5 Å². The number of aliphatic hydroxyl groups excluding tert-OH is 1. The second kappa shape index (κ2) is 8.66. The first-order valence-corrected chi connectivity index (χ1v) is 8.99. The fourth-order valence-electron chi connectivity index (χ4n) is 2.48. The molecule has 0 radical (unpaired) electrons. The predicted molar refractivity (Wildman–Crippen MR) is 105 cm³/mol. The van der Waals surface area contributed by atoms with E-state index in [9.17, 15) is 14.7 Å². The standard InChI is InChI=1S/C20H17BrN2O4/c21-14-6-3-5-13(11-14)19(25)23-16-8-2-1-7-15(16)20(26)22-12-17(24)18-9-4-10-27-18/h1-11,17,24H,12H2,(H,22,26)(H,23,25). The van der Waals surface area contributed by atoms with Crippen molar-refractivity contribution in [3.63, 3.8) is 0 Å². The molecule has 27 heavy (non-hydrogen) atoms. The van der Waals surface area contributed by atoms with E-state index in [1.165, 1.54) is 6.26 Å². The number of hydrogen-bond acceptors (Lipinski definition) is 4. The van der Waals surface area contributed by atoms with Crippen LogP contribution in [0.1, 0.15) is 32.6 Å². The molecule has 138 valence electrons. The molecule has 2 aromatic carbocycles. The highest BCUT2D eigenvalue weighted by Crippen LogP contribution is 2.18. The fraction of sp³-hybridized carbons (Fsp3) is 0.100. The first kappa shape index (κ1) is 18.9. The van der Waals surface area contributed by atoms with Gasteiger partial charge in [0.25, 0.3) is 11.8 Å².